The average molecular weight is 395 g/mol. The van der Waals surface area contributed by atoms with Crippen LogP contribution in [0.3, 0.4) is 0 Å². The van der Waals surface area contributed by atoms with Crippen molar-refractivity contribution in [1.82, 2.24) is 25.4 Å². The molecule has 2 N–H and O–H groups in total. The van der Waals surface area contributed by atoms with Crippen molar-refractivity contribution in [3.05, 3.63) is 40.4 Å². The first kappa shape index (κ1) is 18.3. The third kappa shape index (κ3) is 4.95. The molecule has 0 unspecified atom stereocenters. The fourth-order valence-corrected chi connectivity index (χ4v) is 2.73. The van der Waals surface area contributed by atoms with Gasteiger partial charge >= 0.3 is 0 Å². The molecule has 24 heavy (non-hydrogen) atoms. The van der Waals surface area contributed by atoms with E-state index in [-0.39, 0.29) is 0 Å². The van der Waals surface area contributed by atoms with Crippen molar-refractivity contribution in [2.45, 2.75) is 26.4 Å². The lowest BCUT2D eigenvalue weighted by Crippen LogP contribution is -2.38. The van der Waals surface area contributed by atoms with E-state index < -0.39 is 0 Å². The number of ether oxygens (including phenoxy) is 1. The van der Waals surface area contributed by atoms with Gasteiger partial charge in [-0.1, -0.05) is 22.9 Å². The Morgan fingerprint density at radius 3 is 2.92 bits per heavy atom. The molecular formula is C16H23BrN6O. The van der Waals surface area contributed by atoms with Crippen molar-refractivity contribution in [2.24, 2.45) is 4.99 Å². The number of hydrogen-bond donors (Lipinski definition) is 2. The number of methoxy groups -OCH3 is 1. The normalized spacial score (nSPS) is 11.4. The Labute approximate surface area is 150 Å². The fourth-order valence-electron chi connectivity index (χ4n) is 2.32. The summed E-state index contributed by atoms with van der Waals surface area (Å²) in [7, 11) is 3.42. The molecule has 0 amide bonds. The number of nitrogens with one attached hydrogen (secondary N) is 2. The lowest BCUT2D eigenvalue weighted by molar-refractivity contribution is 0.409. The van der Waals surface area contributed by atoms with Gasteiger partial charge in [-0.25, -0.2) is 0 Å². The minimum Gasteiger partial charge on any atom is -0.496 e. The van der Waals surface area contributed by atoms with Crippen LogP contribution in [-0.2, 0) is 19.5 Å². The van der Waals surface area contributed by atoms with Gasteiger partial charge in [0.25, 0.3) is 0 Å². The third-order valence-corrected chi connectivity index (χ3v) is 4.06. The Bertz CT molecular complexity index is 685. The maximum atomic E-state index is 5.38. The predicted molar refractivity (Wildman–Crippen MR) is 98.3 cm³/mol. The molecule has 0 aliphatic rings. The van der Waals surface area contributed by atoms with E-state index in [0.717, 1.165) is 47.1 Å². The highest BCUT2D eigenvalue weighted by atomic mass is 79.9. The molecular weight excluding hydrogens is 372 g/mol. The zero-order chi connectivity index (χ0) is 17.4. The number of halogens is 1. The van der Waals surface area contributed by atoms with Crippen LogP contribution in [0.1, 0.15) is 18.3 Å². The number of aryl methyl sites for hydroxylation is 1. The molecule has 7 nitrogen and oxygen atoms in total. The smallest absolute Gasteiger partial charge is 0.191 e. The Morgan fingerprint density at radius 1 is 1.38 bits per heavy atom. The van der Waals surface area contributed by atoms with Gasteiger partial charge in [-0.05, 0) is 18.2 Å². The van der Waals surface area contributed by atoms with Gasteiger partial charge in [0.15, 0.2) is 5.96 Å². The number of aliphatic imine (C=N–C) groups is 1. The predicted octanol–water partition coefficient (Wildman–Crippen LogP) is 1.98. The SMILES string of the molecule is CCc1nncn1CCNC(=NC)NCc1cc(Br)ccc1OC. The molecule has 0 atom stereocenters. The van der Waals surface area contributed by atoms with E-state index in [1.807, 2.05) is 22.8 Å². The summed E-state index contributed by atoms with van der Waals surface area (Å²) in [5.41, 5.74) is 1.06. The number of guanidine groups is 1. The molecule has 8 heteroatoms. The van der Waals surface area contributed by atoms with Gasteiger partial charge in [-0.15, -0.1) is 10.2 Å². The minimum absolute atomic E-state index is 0.620. The van der Waals surface area contributed by atoms with Gasteiger partial charge in [0, 0.05) is 43.1 Å². The van der Waals surface area contributed by atoms with Gasteiger partial charge in [-0.3, -0.25) is 4.99 Å². The standard InChI is InChI=1S/C16H23BrN6O/c1-4-15-22-21-11-23(15)8-7-19-16(18-2)20-10-12-9-13(17)5-6-14(12)24-3/h5-6,9,11H,4,7-8,10H2,1-3H3,(H2,18,19,20). The largest absolute Gasteiger partial charge is 0.496 e. The van der Waals surface area contributed by atoms with Crippen molar-refractivity contribution in [2.75, 3.05) is 20.7 Å². The summed E-state index contributed by atoms with van der Waals surface area (Å²) in [4.78, 5) is 4.24. The van der Waals surface area contributed by atoms with E-state index in [0.29, 0.717) is 6.54 Å². The topological polar surface area (TPSA) is 76.4 Å². The number of nitrogens with zero attached hydrogens (tertiary/aromatic N) is 4. The third-order valence-electron chi connectivity index (χ3n) is 3.57. The molecule has 0 aliphatic heterocycles. The Hall–Kier alpha value is -2.09. The van der Waals surface area contributed by atoms with Gasteiger partial charge in [0.05, 0.1) is 7.11 Å². The Balaban J connectivity index is 1.86. The molecule has 1 aromatic heterocycles. The molecule has 130 valence electrons. The van der Waals surface area contributed by atoms with Crippen LogP contribution in [0, 0.1) is 0 Å². The minimum atomic E-state index is 0.620. The van der Waals surface area contributed by atoms with Crippen LogP contribution < -0.4 is 15.4 Å². The maximum absolute atomic E-state index is 5.38. The summed E-state index contributed by atoms with van der Waals surface area (Å²) in [6.07, 6.45) is 2.62. The first-order valence-electron chi connectivity index (χ1n) is 7.81. The van der Waals surface area contributed by atoms with E-state index in [2.05, 4.69) is 48.7 Å². The lowest BCUT2D eigenvalue weighted by atomic mass is 10.2. The first-order valence-corrected chi connectivity index (χ1v) is 8.60. The van der Waals surface area contributed by atoms with Crippen molar-refractivity contribution < 1.29 is 4.74 Å². The second kappa shape index (κ2) is 9.27. The van der Waals surface area contributed by atoms with Crippen LogP contribution in [0.15, 0.2) is 34.0 Å². The molecule has 0 fully saturated rings. The summed E-state index contributed by atoms with van der Waals surface area (Å²) in [5, 5.41) is 14.6. The number of rotatable bonds is 7. The quantitative estimate of drug-likeness (QED) is 0.554. The number of aromatic nitrogens is 3. The summed E-state index contributed by atoms with van der Waals surface area (Å²) in [6, 6.07) is 5.93. The molecule has 0 saturated heterocycles. The van der Waals surface area contributed by atoms with Gasteiger partial charge in [0.1, 0.15) is 17.9 Å². The molecule has 0 saturated carbocycles. The van der Waals surface area contributed by atoms with Crippen LogP contribution >= 0.6 is 15.9 Å². The van der Waals surface area contributed by atoms with E-state index in [1.54, 1.807) is 20.5 Å². The summed E-state index contributed by atoms with van der Waals surface area (Å²) < 4.78 is 8.44. The Morgan fingerprint density at radius 2 is 2.21 bits per heavy atom. The maximum Gasteiger partial charge on any atom is 0.191 e. The molecule has 0 spiro atoms. The Kier molecular flexibility index (Phi) is 7.05. The fraction of sp³-hybridized carbons (Fsp3) is 0.438. The van der Waals surface area contributed by atoms with Crippen LogP contribution in [-0.4, -0.2) is 41.4 Å². The first-order chi connectivity index (χ1) is 11.7. The number of hydrogen-bond acceptors (Lipinski definition) is 4. The van der Waals surface area contributed by atoms with Crippen LogP contribution in [0.5, 0.6) is 5.75 Å². The molecule has 2 rings (SSSR count). The number of benzene rings is 1. The molecule has 1 aromatic carbocycles. The molecule has 0 aliphatic carbocycles. The van der Waals surface area contributed by atoms with Crippen molar-refractivity contribution in [3.63, 3.8) is 0 Å². The summed E-state index contributed by atoms with van der Waals surface area (Å²) >= 11 is 3.48. The van der Waals surface area contributed by atoms with E-state index in [1.165, 1.54) is 0 Å². The zero-order valence-corrected chi connectivity index (χ0v) is 15.8. The molecule has 1 heterocycles. The van der Waals surface area contributed by atoms with Crippen molar-refractivity contribution in [3.8, 4) is 5.75 Å². The van der Waals surface area contributed by atoms with Gasteiger partial charge in [0.2, 0.25) is 0 Å². The van der Waals surface area contributed by atoms with Crippen LogP contribution in [0.2, 0.25) is 0 Å². The summed E-state index contributed by atoms with van der Waals surface area (Å²) in [5.74, 6) is 2.57. The van der Waals surface area contributed by atoms with Crippen LogP contribution in [0.4, 0.5) is 0 Å². The van der Waals surface area contributed by atoms with E-state index in [4.69, 9.17) is 4.74 Å². The zero-order valence-electron chi connectivity index (χ0n) is 14.2. The molecule has 0 radical (unpaired) electrons. The molecule has 2 aromatic rings. The van der Waals surface area contributed by atoms with Gasteiger partial charge in [-0.2, -0.15) is 0 Å². The highest BCUT2D eigenvalue weighted by molar-refractivity contribution is 9.10. The van der Waals surface area contributed by atoms with E-state index in [9.17, 15) is 0 Å². The van der Waals surface area contributed by atoms with E-state index >= 15 is 0 Å². The highest BCUT2D eigenvalue weighted by Crippen LogP contribution is 2.22. The highest BCUT2D eigenvalue weighted by Gasteiger charge is 2.06. The van der Waals surface area contributed by atoms with Crippen molar-refractivity contribution >= 4 is 21.9 Å². The van der Waals surface area contributed by atoms with Crippen molar-refractivity contribution in [1.29, 1.82) is 0 Å². The summed E-state index contributed by atoms with van der Waals surface area (Å²) in [6.45, 7) is 4.21. The van der Waals surface area contributed by atoms with Crippen LogP contribution in [0.25, 0.3) is 0 Å². The molecule has 0 bridgehead atoms. The monoisotopic (exact) mass is 394 g/mol. The second-order valence-electron chi connectivity index (χ2n) is 5.10. The average Bonchev–Trinajstić information content (AvgIpc) is 3.05. The lowest BCUT2D eigenvalue weighted by Gasteiger charge is -2.14. The second-order valence-corrected chi connectivity index (χ2v) is 6.02. The van der Waals surface area contributed by atoms with Gasteiger partial charge < -0.3 is 19.9 Å².